The Morgan fingerprint density at radius 1 is 0.500 bits per heavy atom. The van der Waals surface area contributed by atoms with E-state index in [1.54, 1.807) is 6.08 Å². The third kappa shape index (κ3) is 38.7. The van der Waals surface area contributed by atoms with Gasteiger partial charge in [-0.3, -0.25) is 4.79 Å². The zero-order valence-electron chi connectivity index (χ0n) is 44.5. The minimum absolute atomic E-state index is 0.194. The summed E-state index contributed by atoms with van der Waals surface area (Å²) >= 11 is 0. The van der Waals surface area contributed by atoms with Crippen LogP contribution in [0.5, 0.6) is 0 Å². The number of hydrogen-bond acceptors (Lipinski definition) is 8. The molecule has 0 radical (unpaired) electrons. The number of amides is 1. The molecular weight excluding hydrogens is 875 g/mol. The van der Waals surface area contributed by atoms with Gasteiger partial charge in [-0.1, -0.05) is 233 Å². The van der Waals surface area contributed by atoms with E-state index >= 15 is 0 Å². The van der Waals surface area contributed by atoms with Gasteiger partial charge in [0.2, 0.25) is 5.91 Å². The smallest absolute Gasteiger partial charge is 0.220 e. The number of aliphatic hydroxyl groups is 5. The average Bonchev–Trinajstić information content (AvgIpc) is 3.36. The minimum atomic E-state index is -1.58. The number of carbonyl (C=O) groups is 1. The highest BCUT2D eigenvalue weighted by molar-refractivity contribution is 5.76. The first-order chi connectivity index (χ1) is 34.3. The van der Waals surface area contributed by atoms with E-state index in [1.807, 2.05) is 6.08 Å². The summed E-state index contributed by atoms with van der Waals surface area (Å²) in [7, 11) is 0. The lowest BCUT2D eigenvalue weighted by molar-refractivity contribution is -0.302. The van der Waals surface area contributed by atoms with Gasteiger partial charge in [0.1, 0.15) is 24.4 Å². The lowest BCUT2D eigenvalue weighted by atomic mass is 9.99. The Bertz CT molecular complexity index is 1420. The first kappa shape index (κ1) is 65.1. The molecule has 0 bridgehead atoms. The van der Waals surface area contributed by atoms with Gasteiger partial charge in [-0.15, -0.1) is 0 Å². The summed E-state index contributed by atoms with van der Waals surface area (Å²) in [5.74, 6) is -0.194. The van der Waals surface area contributed by atoms with Gasteiger partial charge in [-0.05, 0) is 83.5 Å². The van der Waals surface area contributed by atoms with Crippen molar-refractivity contribution >= 4 is 5.91 Å². The fourth-order valence-electron chi connectivity index (χ4n) is 8.38. The Balaban J connectivity index is 2.11. The Labute approximate surface area is 428 Å². The minimum Gasteiger partial charge on any atom is -0.394 e. The Morgan fingerprint density at radius 3 is 1.37 bits per heavy atom. The molecule has 402 valence electrons. The molecule has 0 saturated carbocycles. The van der Waals surface area contributed by atoms with Crippen LogP contribution >= 0.6 is 0 Å². The quantitative estimate of drug-likeness (QED) is 0.0261. The maximum absolute atomic E-state index is 13.0. The zero-order valence-corrected chi connectivity index (χ0v) is 44.5. The van der Waals surface area contributed by atoms with Crippen molar-refractivity contribution < 1.29 is 39.8 Å². The van der Waals surface area contributed by atoms with Crippen molar-refractivity contribution in [1.29, 1.82) is 0 Å². The highest BCUT2D eigenvalue weighted by atomic mass is 16.7. The molecule has 0 spiro atoms. The van der Waals surface area contributed by atoms with E-state index in [2.05, 4.69) is 104 Å². The fourth-order valence-corrected chi connectivity index (χ4v) is 8.38. The predicted molar refractivity (Wildman–Crippen MR) is 294 cm³/mol. The van der Waals surface area contributed by atoms with Crippen molar-refractivity contribution in [3.63, 3.8) is 0 Å². The van der Waals surface area contributed by atoms with E-state index in [9.17, 15) is 30.3 Å². The number of allylic oxidation sites excluding steroid dienone is 15. The summed E-state index contributed by atoms with van der Waals surface area (Å²) in [5.41, 5.74) is 0. The number of hydrogen-bond donors (Lipinski definition) is 6. The van der Waals surface area contributed by atoms with Gasteiger partial charge in [0.25, 0.3) is 0 Å². The van der Waals surface area contributed by atoms with Crippen LogP contribution in [0.4, 0.5) is 0 Å². The van der Waals surface area contributed by atoms with E-state index in [4.69, 9.17) is 9.47 Å². The van der Waals surface area contributed by atoms with Crippen LogP contribution in [0.15, 0.2) is 97.2 Å². The van der Waals surface area contributed by atoms with Gasteiger partial charge >= 0.3 is 0 Å². The van der Waals surface area contributed by atoms with Crippen LogP contribution in [0.3, 0.4) is 0 Å². The van der Waals surface area contributed by atoms with Crippen LogP contribution in [0.1, 0.15) is 226 Å². The molecular formula is C61H105NO8. The molecule has 1 aliphatic heterocycles. The number of ether oxygens (including phenoxy) is 2. The average molecular weight is 981 g/mol. The van der Waals surface area contributed by atoms with Crippen LogP contribution in [0.25, 0.3) is 0 Å². The number of unbranched alkanes of at least 4 members (excludes halogenated alkanes) is 23. The van der Waals surface area contributed by atoms with Crippen molar-refractivity contribution in [3.8, 4) is 0 Å². The van der Waals surface area contributed by atoms with E-state index < -0.39 is 49.5 Å². The van der Waals surface area contributed by atoms with Crippen LogP contribution in [-0.4, -0.2) is 87.5 Å². The SMILES string of the molecule is CC/C=C\C/C=C\C/C=C\C/C=C\C/C=C\CCCCCCCCCCCCCCCCCCCCCC(=O)NC(COC1OC(CO)C(O)C(O)C1O)C(O)/C=C/CC/C=C/CC/C=C/CCCC. The highest BCUT2D eigenvalue weighted by Gasteiger charge is 2.44. The summed E-state index contributed by atoms with van der Waals surface area (Å²) in [6.45, 7) is 3.58. The first-order valence-electron chi connectivity index (χ1n) is 28.5. The number of aliphatic hydroxyl groups excluding tert-OH is 5. The summed E-state index contributed by atoms with van der Waals surface area (Å²) in [6, 6.07) is -0.830. The third-order valence-electron chi connectivity index (χ3n) is 12.9. The molecule has 1 saturated heterocycles. The molecule has 9 nitrogen and oxygen atoms in total. The number of rotatable bonds is 47. The summed E-state index contributed by atoms with van der Waals surface area (Å²) in [4.78, 5) is 13.0. The van der Waals surface area contributed by atoms with Crippen molar-refractivity contribution in [2.75, 3.05) is 13.2 Å². The van der Waals surface area contributed by atoms with Gasteiger partial charge in [0, 0.05) is 6.42 Å². The topological polar surface area (TPSA) is 149 Å². The molecule has 7 unspecified atom stereocenters. The zero-order chi connectivity index (χ0) is 50.8. The summed E-state index contributed by atoms with van der Waals surface area (Å²) < 4.78 is 11.2. The highest BCUT2D eigenvalue weighted by Crippen LogP contribution is 2.23. The van der Waals surface area contributed by atoms with Crippen LogP contribution < -0.4 is 5.32 Å². The summed E-state index contributed by atoms with van der Waals surface area (Å²) in [6.07, 6.45) is 64.9. The second kappa shape index (κ2) is 49.7. The van der Waals surface area contributed by atoms with E-state index in [0.717, 1.165) is 83.5 Å². The van der Waals surface area contributed by atoms with Gasteiger partial charge in [0.15, 0.2) is 6.29 Å². The van der Waals surface area contributed by atoms with Crippen LogP contribution in [-0.2, 0) is 14.3 Å². The van der Waals surface area contributed by atoms with Crippen LogP contribution in [0.2, 0.25) is 0 Å². The second-order valence-electron chi connectivity index (χ2n) is 19.3. The molecule has 0 aliphatic carbocycles. The Kier molecular flexibility index (Phi) is 46.2. The lowest BCUT2D eigenvalue weighted by Crippen LogP contribution is -2.60. The molecule has 1 heterocycles. The molecule has 0 aromatic carbocycles. The van der Waals surface area contributed by atoms with E-state index in [0.29, 0.717) is 6.42 Å². The monoisotopic (exact) mass is 980 g/mol. The molecule has 7 atom stereocenters. The molecule has 9 heteroatoms. The summed E-state index contributed by atoms with van der Waals surface area (Å²) in [5, 5.41) is 54.3. The van der Waals surface area contributed by atoms with E-state index in [-0.39, 0.29) is 12.5 Å². The van der Waals surface area contributed by atoms with Crippen molar-refractivity contribution in [3.05, 3.63) is 97.2 Å². The second-order valence-corrected chi connectivity index (χ2v) is 19.3. The van der Waals surface area contributed by atoms with Gasteiger partial charge < -0.3 is 40.3 Å². The fraction of sp³-hybridized carbons (Fsp3) is 0.721. The first-order valence-corrected chi connectivity index (χ1v) is 28.5. The molecule has 1 amide bonds. The maximum atomic E-state index is 13.0. The molecule has 0 aromatic rings. The Morgan fingerprint density at radius 2 is 0.900 bits per heavy atom. The number of nitrogens with one attached hydrogen (secondary N) is 1. The molecule has 1 fully saturated rings. The molecule has 6 N–H and O–H groups in total. The van der Waals surface area contributed by atoms with Gasteiger partial charge in [0.05, 0.1) is 25.4 Å². The van der Waals surface area contributed by atoms with Crippen molar-refractivity contribution in [2.45, 2.75) is 269 Å². The van der Waals surface area contributed by atoms with E-state index in [1.165, 1.54) is 122 Å². The molecule has 1 rings (SSSR count). The largest absolute Gasteiger partial charge is 0.394 e. The molecule has 70 heavy (non-hydrogen) atoms. The van der Waals surface area contributed by atoms with Gasteiger partial charge in [-0.2, -0.15) is 0 Å². The van der Waals surface area contributed by atoms with Crippen LogP contribution in [0, 0.1) is 0 Å². The molecule has 1 aliphatic rings. The predicted octanol–water partition coefficient (Wildman–Crippen LogP) is 14.0. The lowest BCUT2D eigenvalue weighted by Gasteiger charge is -2.40. The van der Waals surface area contributed by atoms with Crippen molar-refractivity contribution in [1.82, 2.24) is 5.32 Å². The normalized spacial score (nSPS) is 20.1. The maximum Gasteiger partial charge on any atom is 0.220 e. The Hall–Kier alpha value is -2.89. The van der Waals surface area contributed by atoms with Gasteiger partial charge in [-0.25, -0.2) is 0 Å². The van der Waals surface area contributed by atoms with Crippen molar-refractivity contribution in [2.24, 2.45) is 0 Å². The third-order valence-corrected chi connectivity index (χ3v) is 12.9. The standard InChI is InChI=1S/C61H105NO8/c1-3-5-7-9-11-13-15-17-18-19-20-21-22-23-24-25-26-27-28-29-30-31-32-33-34-35-36-37-38-39-41-43-45-47-49-51-57(65)62-54(53-69-61-60(68)59(67)58(66)56(52-63)70-61)55(64)50-48-46-44-42-40-16-14-12-10-8-6-4-2/h5,7,10-13,17-18,20-21,23-24,40,42,48,50,54-56,58-61,63-64,66-68H,3-4,6,8-9,14-16,19,22,25-39,41,43-47,49,51-53H2,1-2H3,(H,62,65)/b7-5-,12-10+,13-11-,18-17-,21-20-,24-23-,42-40+,50-48+. The molecule has 0 aromatic heterocycles. The number of carbonyl (C=O) groups excluding carboxylic acids is 1.